The van der Waals surface area contributed by atoms with Crippen molar-refractivity contribution < 1.29 is 4.79 Å². The van der Waals surface area contributed by atoms with Crippen molar-refractivity contribution in [2.24, 2.45) is 10.7 Å². The van der Waals surface area contributed by atoms with Crippen molar-refractivity contribution >= 4 is 17.9 Å². The predicted molar refractivity (Wildman–Crippen MR) is 53.6 cm³/mol. The number of aromatic nitrogens is 3. The average molecular weight is 204 g/mol. The third-order valence-corrected chi connectivity index (χ3v) is 1.69. The largest absolute Gasteiger partial charge is 0.363 e. The summed E-state index contributed by atoms with van der Waals surface area (Å²) in [5, 5.41) is 9.14. The SMILES string of the molecule is NC(=O)c1nc(C2=CC=CN=CN2)n[nH]1. The molecule has 1 aromatic rings. The number of H-pyrrole nitrogens is 1. The maximum absolute atomic E-state index is 10.8. The molecule has 0 atom stereocenters. The number of hydrogen-bond acceptors (Lipinski definition) is 5. The van der Waals surface area contributed by atoms with Crippen molar-refractivity contribution in [2.45, 2.75) is 0 Å². The highest BCUT2D eigenvalue weighted by atomic mass is 16.1. The van der Waals surface area contributed by atoms with Crippen LogP contribution < -0.4 is 11.1 Å². The van der Waals surface area contributed by atoms with Crippen molar-refractivity contribution in [1.82, 2.24) is 20.5 Å². The van der Waals surface area contributed by atoms with Gasteiger partial charge in [0, 0.05) is 6.20 Å². The number of rotatable bonds is 2. The second-order valence-electron chi connectivity index (χ2n) is 2.72. The Balaban J connectivity index is 2.29. The summed E-state index contributed by atoms with van der Waals surface area (Å²) in [5.41, 5.74) is 5.67. The lowest BCUT2D eigenvalue weighted by Gasteiger charge is -1.97. The van der Waals surface area contributed by atoms with Gasteiger partial charge in [0.25, 0.3) is 5.91 Å². The number of amides is 1. The van der Waals surface area contributed by atoms with E-state index >= 15 is 0 Å². The van der Waals surface area contributed by atoms with E-state index in [-0.39, 0.29) is 5.82 Å². The number of nitrogens with two attached hydrogens (primary N) is 1. The molecular formula is C8H8N6O. The molecule has 4 N–H and O–H groups in total. The molecule has 0 saturated carbocycles. The van der Waals surface area contributed by atoms with E-state index in [2.05, 4.69) is 25.5 Å². The Bertz CT molecular complexity index is 469. The number of aromatic amines is 1. The number of allylic oxidation sites excluding steroid dienone is 2. The molecule has 2 heterocycles. The first-order chi connectivity index (χ1) is 7.27. The first kappa shape index (κ1) is 9.13. The van der Waals surface area contributed by atoms with Gasteiger partial charge >= 0.3 is 0 Å². The van der Waals surface area contributed by atoms with E-state index < -0.39 is 5.91 Å². The van der Waals surface area contributed by atoms with Crippen LogP contribution in [0.15, 0.2) is 23.3 Å². The van der Waals surface area contributed by atoms with Gasteiger partial charge in [0.05, 0.1) is 12.0 Å². The van der Waals surface area contributed by atoms with Gasteiger partial charge in [-0.3, -0.25) is 9.89 Å². The summed E-state index contributed by atoms with van der Waals surface area (Å²) >= 11 is 0. The Morgan fingerprint density at radius 2 is 2.33 bits per heavy atom. The lowest BCUT2D eigenvalue weighted by Crippen LogP contribution is -2.13. The van der Waals surface area contributed by atoms with Gasteiger partial charge in [-0.05, 0) is 12.2 Å². The molecule has 7 nitrogen and oxygen atoms in total. The molecule has 15 heavy (non-hydrogen) atoms. The second-order valence-corrected chi connectivity index (χ2v) is 2.72. The van der Waals surface area contributed by atoms with Gasteiger partial charge in [0.2, 0.25) is 5.82 Å². The summed E-state index contributed by atoms with van der Waals surface area (Å²) in [7, 11) is 0. The monoisotopic (exact) mass is 204 g/mol. The normalized spacial score (nSPS) is 14.3. The molecular weight excluding hydrogens is 196 g/mol. The maximum Gasteiger partial charge on any atom is 0.286 e. The van der Waals surface area contributed by atoms with Crippen molar-refractivity contribution in [3.63, 3.8) is 0 Å². The standard InChI is InChI=1S/C8H8N6O/c9-6(15)8-12-7(13-14-8)5-2-1-3-10-4-11-5/h1-4H,(H2,9,15)(H,10,11)(H,12,13,14). The van der Waals surface area contributed by atoms with Crippen molar-refractivity contribution in [3.8, 4) is 0 Å². The van der Waals surface area contributed by atoms with Crippen LogP contribution in [0.2, 0.25) is 0 Å². The highest BCUT2D eigenvalue weighted by Crippen LogP contribution is 2.06. The number of hydrogen-bond donors (Lipinski definition) is 3. The zero-order valence-corrected chi connectivity index (χ0v) is 7.64. The van der Waals surface area contributed by atoms with Crippen LogP contribution in [0.25, 0.3) is 5.70 Å². The first-order valence-corrected chi connectivity index (χ1v) is 4.15. The predicted octanol–water partition coefficient (Wildman–Crippen LogP) is -0.610. The lowest BCUT2D eigenvalue weighted by molar-refractivity contribution is 0.0991. The van der Waals surface area contributed by atoms with Crippen molar-refractivity contribution in [3.05, 3.63) is 30.0 Å². The van der Waals surface area contributed by atoms with Gasteiger partial charge in [-0.15, -0.1) is 0 Å². The average Bonchev–Trinajstić information content (AvgIpc) is 2.55. The lowest BCUT2D eigenvalue weighted by atomic mass is 10.3. The van der Waals surface area contributed by atoms with E-state index in [0.717, 1.165) is 0 Å². The van der Waals surface area contributed by atoms with E-state index in [1.807, 2.05) is 0 Å². The van der Waals surface area contributed by atoms with Gasteiger partial charge in [-0.2, -0.15) is 5.10 Å². The molecule has 0 aliphatic carbocycles. The summed E-state index contributed by atoms with van der Waals surface area (Å²) in [6, 6.07) is 0. The topological polar surface area (TPSA) is 109 Å². The van der Waals surface area contributed by atoms with Crippen LogP contribution in [-0.4, -0.2) is 27.4 Å². The van der Waals surface area contributed by atoms with E-state index in [0.29, 0.717) is 11.5 Å². The molecule has 0 bridgehead atoms. The smallest absolute Gasteiger partial charge is 0.286 e. The molecule has 1 amide bonds. The van der Waals surface area contributed by atoms with Gasteiger partial charge in [-0.1, -0.05) is 0 Å². The zero-order valence-electron chi connectivity index (χ0n) is 7.64. The quantitative estimate of drug-likeness (QED) is 0.596. The highest BCUT2D eigenvalue weighted by molar-refractivity contribution is 5.89. The Morgan fingerprint density at radius 1 is 1.47 bits per heavy atom. The van der Waals surface area contributed by atoms with E-state index in [9.17, 15) is 4.79 Å². The van der Waals surface area contributed by atoms with Crippen LogP contribution in [0.1, 0.15) is 16.4 Å². The minimum atomic E-state index is -0.646. The Hall–Kier alpha value is -2.44. The molecule has 1 aliphatic rings. The van der Waals surface area contributed by atoms with Gasteiger partial charge < -0.3 is 11.1 Å². The number of nitrogens with zero attached hydrogens (tertiary/aromatic N) is 3. The third-order valence-electron chi connectivity index (χ3n) is 1.69. The van der Waals surface area contributed by atoms with E-state index in [4.69, 9.17) is 5.73 Å². The number of carbonyl (C=O) groups excluding carboxylic acids is 1. The molecule has 0 saturated heterocycles. The molecule has 0 aromatic carbocycles. The van der Waals surface area contributed by atoms with Gasteiger partial charge in [-0.25, -0.2) is 9.98 Å². The van der Waals surface area contributed by atoms with Crippen molar-refractivity contribution in [1.29, 1.82) is 0 Å². The van der Waals surface area contributed by atoms with Gasteiger partial charge in [0.15, 0.2) is 5.82 Å². The van der Waals surface area contributed by atoms with Crippen LogP contribution in [0.4, 0.5) is 0 Å². The fourth-order valence-electron chi connectivity index (χ4n) is 1.02. The first-order valence-electron chi connectivity index (χ1n) is 4.15. The molecule has 0 spiro atoms. The van der Waals surface area contributed by atoms with E-state index in [1.165, 1.54) is 6.34 Å². The molecule has 1 aliphatic heterocycles. The minimum Gasteiger partial charge on any atom is -0.363 e. The molecule has 76 valence electrons. The Morgan fingerprint density at radius 3 is 3.07 bits per heavy atom. The molecule has 7 heteroatoms. The van der Waals surface area contributed by atoms with Crippen LogP contribution in [0.5, 0.6) is 0 Å². The number of nitrogens with one attached hydrogen (secondary N) is 2. The summed E-state index contributed by atoms with van der Waals surface area (Å²) < 4.78 is 0. The van der Waals surface area contributed by atoms with Crippen LogP contribution in [0.3, 0.4) is 0 Å². The zero-order chi connectivity index (χ0) is 10.7. The summed E-state index contributed by atoms with van der Waals surface area (Å²) in [5.74, 6) is -0.258. The van der Waals surface area contributed by atoms with Crippen LogP contribution in [0, 0.1) is 0 Å². The fourth-order valence-corrected chi connectivity index (χ4v) is 1.02. The number of aliphatic imine (C=N–C) groups is 1. The third kappa shape index (κ3) is 1.90. The van der Waals surface area contributed by atoms with Crippen molar-refractivity contribution in [2.75, 3.05) is 0 Å². The maximum atomic E-state index is 10.8. The number of carbonyl (C=O) groups is 1. The Labute approximate surface area is 84.8 Å². The molecule has 0 fully saturated rings. The second kappa shape index (κ2) is 3.74. The fraction of sp³-hybridized carbons (Fsp3) is 0. The minimum absolute atomic E-state index is 0.0258. The molecule has 1 aromatic heterocycles. The number of primary amides is 1. The molecule has 0 unspecified atom stereocenters. The molecule has 0 radical (unpaired) electrons. The summed E-state index contributed by atoms with van der Waals surface area (Å²) in [6.45, 7) is 0. The van der Waals surface area contributed by atoms with Gasteiger partial charge in [0.1, 0.15) is 0 Å². The Kier molecular flexibility index (Phi) is 2.28. The van der Waals surface area contributed by atoms with E-state index in [1.54, 1.807) is 18.4 Å². The highest BCUT2D eigenvalue weighted by Gasteiger charge is 2.10. The van der Waals surface area contributed by atoms with Crippen LogP contribution in [-0.2, 0) is 0 Å². The summed E-state index contributed by atoms with van der Waals surface area (Å²) in [6.07, 6.45) is 6.57. The van der Waals surface area contributed by atoms with Crippen LogP contribution >= 0.6 is 0 Å². The summed E-state index contributed by atoms with van der Waals surface area (Å²) in [4.78, 5) is 18.5. The molecule has 2 rings (SSSR count).